The molecule has 4 rings (SSSR count). The first-order valence-electron chi connectivity index (χ1n) is 10.4. The minimum Gasteiger partial charge on any atom is -0.482 e. The summed E-state index contributed by atoms with van der Waals surface area (Å²) in [6, 6.07) is 17.7. The van der Waals surface area contributed by atoms with Gasteiger partial charge in [-0.15, -0.1) is 0 Å². The third-order valence-corrected chi connectivity index (χ3v) is 5.67. The van der Waals surface area contributed by atoms with E-state index in [4.69, 9.17) is 14.9 Å². The van der Waals surface area contributed by atoms with Crippen molar-refractivity contribution < 1.29 is 18.8 Å². The highest BCUT2D eigenvalue weighted by Crippen LogP contribution is 2.45. The van der Waals surface area contributed by atoms with Crippen LogP contribution in [0, 0.1) is 38.6 Å². The summed E-state index contributed by atoms with van der Waals surface area (Å²) >= 11 is 0. The predicted molar refractivity (Wildman–Crippen MR) is 124 cm³/mol. The van der Waals surface area contributed by atoms with Crippen molar-refractivity contribution in [3.8, 4) is 17.6 Å². The van der Waals surface area contributed by atoms with Crippen LogP contribution in [-0.4, -0.2) is 24.9 Å². The molecule has 0 fully saturated rings. The van der Waals surface area contributed by atoms with Crippen molar-refractivity contribution in [1.82, 2.24) is 0 Å². The molecule has 3 aromatic carbocycles. The molecular weight excluding hydrogens is 439 g/mol. The van der Waals surface area contributed by atoms with Crippen molar-refractivity contribution >= 4 is 17.3 Å². The number of benzene rings is 3. The van der Waals surface area contributed by atoms with Crippen LogP contribution in [0.15, 0.2) is 60.7 Å². The number of hydrogen-bond donors (Lipinski definition) is 1. The molecule has 0 aromatic heterocycles. The van der Waals surface area contributed by atoms with Crippen molar-refractivity contribution in [2.24, 2.45) is 5.92 Å². The number of nitro benzene ring substituents is 1. The van der Waals surface area contributed by atoms with E-state index >= 15 is 0 Å². The highest BCUT2D eigenvalue weighted by Gasteiger charge is 2.38. The van der Waals surface area contributed by atoms with Crippen LogP contribution < -0.4 is 14.4 Å². The Hall–Kier alpha value is -4.45. The van der Waals surface area contributed by atoms with E-state index in [1.165, 1.54) is 24.3 Å². The van der Waals surface area contributed by atoms with E-state index in [9.17, 15) is 19.8 Å². The molecule has 0 aliphatic carbocycles. The van der Waals surface area contributed by atoms with E-state index in [2.05, 4.69) is 6.07 Å². The largest absolute Gasteiger partial charge is 0.482 e. The zero-order chi connectivity index (χ0) is 24.4. The molecule has 1 heterocycles. The summed E-state index contributed by atoms with van der Waals surface area (Å²) in [5.41, 5.74) is 2.42. The summed E-state index contributed by atoms with van der Waals surface area (Å²) in [6.07, 6.45) is 0. The Morgan fingerprint density at radius 1 is 1.18 bits per heavy atom. The van der Waals surface area contributed by atoms with Crippen LogP contribution in [0.2, 0.25) is 0 Å². The highest BCUT2D eigenvalue weighted by molar-refractivity contribution is 5.85. The number of halogens is 1. The molecular formula is C25H21FN4O4. The Labute approximate surface area is 195 Å². The summed E-state index contributed by atoms with van der Waals surface area (Å²) in [5.74, 6) is -1.67. The van der Waals surface area contributed by atoms with Gasteiger partial charge in [-0.3, -0.25) is 15.5 Å². The molecule has 1 N–H and O–H groups in total. The first kappa shape index (κ1) is 22.7. The number of nitrogens with one attached hydrogen (secondary N) is 1. The number of rotatable bonds is 6. The SMILES string of the molecule is CN(C)c1ccc2c(c1)OC(=N)C(C#N)C2c1ccc(OCc2ccc(F)cc2)c([N+](=O)[O-])c1. The third kappa shape index (κ3) is 4.38. The average molecular weight is 460 g/mol. The van der Waals surface area contributed by atoms with Gasteiger partial charge < -0.3 is 14.4 Å². The molecule has 3 aromatic rings. The molecule has 0 saturated carbocycles. The quantitative estimate of drug-likeness (QED) is 0.408. The molecule has 0 amide bonds. The maximum Gasteiger partial charge on any atom is 0.311 e. The van der Waals surface area contributed by atoms with Gasteiger partial charge in [0.2, 0.25) is 5.90 Å². The molecule has 9 heteroatoms. The van der Waals surface area contributed by atoms with Gasteiger partial charge in [0, 0.05) is 43.4 Å². The van der Waals surface area contributed by atoms with Gasteiger partial charge in [-0.25, -0.2) is 4.39 Å². The maximum absolute atomic E-state index is 13.1. The van der Waals surface area contributed by atoms with Gasteiger partial charge in [-0.2, -0.15) is 5.26 Å². The van der Waals surface area contributed by atoms with Crippen molar-refractivity contribution in [3.63, 3.8) is 0 Å². The molecule has 1 aliphatic rings. The fraction of sp³-hybridized carbons (Fsp3) is 0.200. The standard InChI is InChI=1S/C25H21FN4O4/c1-29(2)18-8-9-19-23(12-18)34-25(28)20(13-27)24(19)16-5-10-22(21(11-16)30(31)32)33-14-15-3-6-17(26)7-4-15/h3-12,20,24,28H,14H2,1-2H3. The maximum atomic E-state index is 13.1. The lowest BCUT2D eigenvalue weighted by molar-refractivity contribution is -0.386. The lowest BCUT2D eigenvalue weighted by atomic mass is 9.79. The van der Waals surface area contributed by atoms with Gasteiger partial charge in [0.1, 0.15) is 24.1 Å². The van der Waals surface area contributed by atoms with E-state index in [1.807, 2.05) is 31.1 Å². The normalized spacial score (nSPS) is 16.7. The summed E-state index contributed by atoms with van der Waals surface area (Å²) in [7, 11) is 3.75. The molecule has 34 heavy (non-hydrogen) atoms. The Kier molecular flexibility index (Phi) is 6.15. The molecule has 0 spiro atoms. The van der Waals surface area contributed by atoms with E-state index in [0.29, 0.717) is 22.4 Å². The number of hydrogen-bond acceptors (Lipinski definition) is 7. The highest BCUT2D eigenvalue weighted by atomic mass is 19.1. The first-order valence-corrected chi connectivity index (χ1v) is 10.4. The fourth-order valence-electron chi connectivity index (χ4n) is 3.90. The van der Waals surface area contributed by atoms with Crippen molar-refractivity contribution in [1.29, 1.82) is 10.7 Å². The smallest absolute Gasteiger partial charge is 0.311 e. The minimum absolute atomic E-state index is 0.0271. The number of fused-ring (bicyclic) bond motifs is 1. The summed E-state index contributed by atoms with van der Waals surface area (Å²) in [4.78, 5) is 13.2. The van der Waals surface area contributed by atoms with Crippen LogP contribution in [-0.2, 0) is 6.61 Å². The predicted octanol–water partition coefficient (Wildman–Crippen LogP) is 5.02. The molecule has 8 nitrogen and oxygen atoms in total. The van der Waals surface area contributed by atoms with Gasteiger partial charge in [0.15, 0.2) is 5.75 Å². The second-order valence-electron chi connectivity index (χ2n) is 8.07. The first-order chi connectivity index (χ1) is 16.3. The molecule has 172 valence electrons. The third-order valence-electron chi connectivity index (χ3n) is 5.67. The van der Waals surface area contributed by atoms with Crippen LogP contribution >= 0.6 is 0 Å². The molecule has 0 saturated heterocycles. The molecule has 1 aliphatic heterocycles. The van der Waals surface area contributed by atoms with Gasteiger partial charge in [0.25, 0.3) is 0 Å². The van der Waals surface area contributed by atoms with E-state index in [-0.39, 0.29) is 29.8 Å². The summed E-state index contributed by atoms with van der Waals surface area (Å²) < 4.78 is 24.4. The van der Waals surface area contributed by atoms with Crippen LogP contribution in [0.3, 0.4) is 0 Å². The number of nitrogens with zero attached hydrogens (tertiary/aromatic N) is 3. The van der Waals surface area contributed by atoms with Crippen molar-refractivity contribution in [2.45, 2.75) is 12.5 Å². The number of nitro groups is 1. The van der Waals surface area contributed by atoms with Crippen LogP contribution in [0.25, 0.3) is 0 Å². The zero-order valence-corrected chi connectivity index (χ0v) is 18.5. The Balaban J connectivity index is 1.72. The van der Waals surface area contributed by atoms with E-state index in [0.717, 1.165) is 5.69 Å². The van der Waals surface area contributed by atoms with Gasteiger partial charge >= 0.3 is 5.69 Å². The number of ether oxygens (including phenoxy) is 2. The van der Waals surface area contributed by atoms with Gasteiger partial charge in [-0.05, 0) is 35.4 Å². The summed E-state index contributed by atoms with van der Waals surface area (Å²) in [6.45, 7) is 0.0271. The molecule has 2 unspecified atom stereocenters. The lowest BCUT2D eigenvalue weighted by Gasteiger charge is -2.31. The van der Waals surface area contributed by atoms with E-state index < -0.39 is 16.8 Å². The zero-order valence-electron chi connectivity index (χ0n) is 18.5. The second kappa shape index (κ2) is 9.19. The Bertz CT molecular complexity index is 1300. The van der Waals surface area contributed by atoms with Crippen molar-refractivity contribution in [3.05, 3.63) is 93.3 Å². The monoisotopic (exact) mass is 460 g/mol. The average Bonchev–Trinajstić information content (AvgIpc) is 2.82. The van der Waals surface area contributed by atoms with Gasteiger partial charge in [-0.1, -0.05) is 24.3 Å². The van der Waals surface area contributed by atoms with E-state index in [1.54, 1.807) is 24.3 Å². The van der Waals surface area contributed by atoms with Crippen LogP contribution in [0.5, 0.6) is 11.5 Å². The Morgan fingerprint density at radius 2 is 1.91 bits per heavy atom. The number of anilines is 1. The fourth-order valence-corrected chi connectivity index (χ4v) is 3.90. The van der Waals surface area contributed by atoms with Crippen LogP contribution in [0.4, 0.5) is 15.8 Å². The van der Waals surface area contributed by atoms with Crippen LogP contribution in [0.1, 0.15) is 22.6 Å². The molecule has 0 bridgehead atoms. The van der Waals surface area contributed by atoms with Crippen molar-refractivity contribution in [2.75, 3.05) is 19.0 Å². The lowest BCUT2D eigenvalue weighted by Crippen LogP contribution is -2.31. The minimum atomic E-state index is -0.941. The topological polar surface area (TPSA) is 112 Å². The van der Waals surface area contributed by atoms with Gasteiger partial charge in [0.05, 0.1) is 11.0 Å². The molecule has 2 atom stereocenters. The Morgan fingerprint density at radius 3 is 2.56 bits per heavy atom. The summed E-state index contributed by atoms with van der Waals surface area (Å²) in [5, 5.41) is 29.8. The molecule has 0 radical (unpaired) electrons. The number of nitriles is 1. The second-order valence-corrected chi connectivity index (χ2v) is 8.07.